The fourth-order valence-corrected chi connectivity index (χ4v) is 1.64. The van der Waals surface area contributed by atoms with E-state index in [1.165, 1.54) is 19.9 Å². The Labute approximate surface area is 104 Å². The molecule has 17 heavy (non-hydrogen) atoms. The maximum atomic E-state index is 13.7. The first kappa shape index (κ1) is 13.8. The molecule has 0 saturated carbocycles. The van der Waals surface area contributed by atoms with Gasteiger partial charge in [-0.15, -0.1) is 0 Å². The van der Waals surface area contributed by atoms with Gasteiger partial charge in [0.15, 0.2) is 11.6 Å². The third-order valence-corrected chi connectivity index (χ3v) is 3.12. The van der Waals surface area contributed by atoms with Crippen LogP contribution >= 0.6 is 11.6 Å². The van der Waals surface area contributed by atoms with Gasteiger partial charge in [-0.05, 0) is 38.3 Å². The molecule has 94 valence electrons. The molecular formula is C12H14ClFO3. The Bertz CT molecular complexity index is 469. The molecule has 0 aromatic heterocycles. The Balaban J connectivity index is 3.21. The van der Waals surface area contributed by atoms with Crippen LogP contribution in [0.4, 0.5) is 4.39 Å². The minimum atomic E-state index is -1.10. The Morgan fingerprint density at radius 2 is 2.06 bits per heavy atom. The van der Waals surface area contributed by atoms with Crippen molar-refractivity contribution in [2.24, 2.45) is 5.41 Å². The molecule has 0 bridgehead atoms. The second-order valence-electron chi connectivity index (χ2n) is 4.69. The molecule has 0 amide bonds. The lowest BCUT2D eigenvalue weighted by Gasteiger charge is -2.20. The first-order chi connectivity index (χ1) is 7.66. The van der Waals surface area contributed by atoms with Crippen molar-refractivity contribution >= 4 is 17.6 Å². The lowest BCUT2D eigenvalue weighted by atomic mass is 9.85. The van der Waals surface area contributed by atoms with Crippen molar-refractivity contribution in [3.05, 3.63) is 28.0 Å². The molecule has 1 rings (SSSR count). The van der Waals surface area contributed by atoms with Crippen molar-refractivity contribution in [3.8, 4) is 5.75 Å². The number of carbonyl (C=O) groups is 1. The molecule has 0 atom stereocenters. The summed E-state index contributed by atoms with van der Waals surface area (Å²) in [5, 5.41) is 18.4. The quantitative estimate of drug-likeness (QED) is 0.878. The number of hydrogen-bond acceptors (Lipinski definition) is 2. The van der Waals surface area contributed by atoms with Gasteiger partial charge in [-0.25, -0.2) is 4.39 Å². The van der Waals surface area contributed by atoms with Crippen molar-refractivity contribution in [2.75, 3.05) is 0 Å². The minimum absolute atomic E-state index is 0.0142. The molecule has 1 aromatic rings. The molecule has 0 aliphatic rings. The van der Waals surface area contributed by atoms with Crippen LogP contribution in [0.3, 0.4) is 0 Å². The number of halogens is 2. The maximum Gasteiger partial charge on any atom is 0.309 e. The zero-order valence-corrected chi connectivity index (χ0v) is 10.6. The van der Waals surface area contributed by atoms with E-state index in [-0.39, 0.29) is 17.0 Å². The van der Waals surface area contributed by atoms with Gasteiger partial charge < -0.3 is 10.2 Å². The van der Waals surface area contributed by atoms with E-state index >= 15 is 0 Å². The van der Waals surface area contributed by atoms with Gasteiger partial charge in [-0.1, -0.05) is 17.7 Å². The Kier molecular flexibility index (Phi) is 3.67. The van der Waals surface area contributed by atoms with Crippen LogP contribution in [0, 0.1) is 18.2 Å². The summed E-state index contributed by atoms with van der Waals surface area (Å²) in [5.41, 5.74) is -0.438. The summed E-state index contributed by atoms with van der Waals surface area (Å²) in [7, 11) is 0. The number of carboxylic acids is 1. The monoisotopic (exact) mass is 260 g/mol. The normalized spacial score (nSPS) is 11.6. The van der Waals surface area contributed by atoms with E-state index in [0.29, 0.717) is 5.56 Å². The number of hydrogen-bond donors (Lipinski definition) is 2. The van der Waals surface area contributed by atoms with E-state index in [1.807, 2.05) is 0 Å². The Morgan fingerprint density at radius 3 is 2.53 bits per heavy atom. The molecule has 0 spiro atoms. The average Bonchev–Trinajstić information content (AvgIpc) is 2.22. The molecule has 0 saturated heterocycles. The summed E-state index contributed by atoms with van der Waals surface area (Å²) in [6.45, 7) is 4.62. The van der Waals surface area contributed by atoms with Gasteiger partial charge in [0.1, 0.15) is 0 Å². The van der Waals surface area contributed by atoms with Gasteiger partial charge in [0.25, 0.3) is 0 Å². The second-order valence-corrected chi connectivity index (χ2v) is 5.07. The van der Waals surface area contributed by atoms with Crippen LogP contribution < -0.4 is 0 Å². The lowest BCUT2D eigenvalue weighted by Crippen LogP contribution is -2.26. The first-order valence-electron chi connectivity index (χ1n) is 5.06. The predicted molar refractivity (Wildman–Crippen MR) is 62.9 cm³/mol. The Morgan fingerprint density at radius 1 is 1.53 bits per heavy atom. The predicted octanol–water partition coefficient (Wildman–Crippen LogP) is 3.15. The summed E-state index contributed by atoms with van der Waals surface area (Å²) in [6.07, 6.45) is -0.0142. The number of phenols is 1. The maximum absolute atomic E-state index is 13.7. The molecule has 3 nitrogen and oxygen atoms in total. The van der Waals surface area contributed by atoms with Crippen LogP contribution in [0.15, 0.2) is 6.07 Å². The summed E-state index contributed by atoms with van der Waals surface area (Å²) in [6, 6.07) is 1.46. The fraction of sp³-hybridized carbons (Fsp3) is 0.417. The zero-order chi connectivity index (χ0) is 13.4. The van der Waals surface area contributed by atoms with Crippen LogP contribution in [-0.4, -0.2) is 16.2 Å². The number of aliphatic carboxylic acids is 1. The van der Waals surface area contributed by atoms with Crippen molar-refractivity contribution in [1.82, 2.24) is 0 Å². The van der Waals surface area contributed by atoms with E-state index in [0.717, 1.165) is 0 Å². The molecule has 0 heterocycles. The van der Waals surface area contributed by atoms with E-state index < -0.39 is 23.0 Å². The molecule has 1 aromatic carbocycles. The topological polar surface area (TPSA) is 57.5 Å². The van der Waals surface area contributed by atoms with E-state index in [4.69, 9.17) is 16.7 Å². The highest BCUT2D eigenvalue weighted by Gasteiger charge is 2.29. The van der Waals surface area contributed by atoms with Gasteiger partial charge in [-0.2, -0.15) is 0 Å². The van der Waals surface area contributed by atoms with E-state index in [1.54, 1.807) is 6.92 Å². The summed E-state index contributed by atoms with van der Waals surface area (Å²) in [5.74, 6) is -2.50. The van der Waals surface area contributed by atoms with Gasteiger partial charge in [-0.3, -0.25) is 4.79 Å². The van der Waals surface area contributed by atoms with Crippen LogP contribution in [-0.2, 0) is 11.2 Å². The fourth-order valence-electron chi connectivity index (χ4n) is 1.50. The largest absolute Gasteiger partial charge is 0.504 e. The number of benzene rings is 1. The molecule has 0 aliphatic heterocycles. The van der Waals surface area contributed by atoms with E-state index in [9.17, 15) is 14.3 Å². The van der Waals surface area contributed by atoms with Gasteiger partial charge >= 0.3 is 5.97 Å². The van der Waals surface area contributed by atoms with Crippen molar-refractivity contribution in [2.45, 2.75) is 27.2 Å². The second kappa shape index (κ2) is 4.53. The highest BCUT2D eigenvalue weighted by molar-refractivity contribution is 6.32. The first-order valence-corrected chi connectivity index (χ1v) is 5.44. The number of rotatable bonds is 3. The number of carboxylic acid groups (broad SMARTS) is 1. The molecule has 0 radical (unpaired) electrons. The van der Waals surface area contributed by atoms with Gasteiger partial charge in [0.2, 0.25) is 0 Å². The van der Waals surface area contributed by atoms with Crippen LogP contribution in [0.5, 0.6) is 5.75 Å². The number of phenolic OH excluding ortho intramolecular Hbond substituents is 1. The van der Waals surface area contributed by atoms with Crippen LogP contribution in [0.2, 0.25) is 5.02 Å². The highest BCUT2D eigenvalue weighted by atomic mass is 35.5. The third kappa shape index (κ3) is 2.69. The SMILES string of the molecule is Cc1cc(CC(C)(C)C(=O)O)c(F)c(O)c1Cl. The summed E-state index contributed by atoms with van der Waals surface area (Å²) >= 11 is 5.68. The summed E-state index contributed by atoms with van der Waals surface area (Å²) < 4.78 is 13.7. The molecule has 0 unspecified atom stereocenters. The summed E-state index contributed by atoms with van der Waals surface area (Å²) in [4.78, 5) is 11.0. The molecule has 2 N–H and O–H groups in total. The van der Waals surface area contributed by atoms with E-state index in [2.05, 4.69) is 0 Å². The Hall–Kier alpha value is -1.29. The van der Waals surface area contributed by atoms with Crippen molar-refractivity contribution in [1.29, 1.82) is 0 Å². The smallest absolute Gasteiger partial charge is 0.309 e. The molecule has 0 aliphatic carbocycles. The molecule has 0 fully saturated rings. The highest BCUT2D eigenvalue weighted by Crippen LogP contribution is 2.34. The van der Waals surface area contributed by atoms with Crippen molar-refractivity contribution < 1.29 is 19.4 Å². The standard InChI is InChI=1S/C12H14ClFO3/c1-6-4-7(5-12(2,3)11(16)17)9(14)10(15)8(6)13/h4,15H,5H2,1-3H3,(H,16,17). The van der Waals surface area contributed by atoms with Crippen molar-refractivity contribution in [3.63, 3.8) is 0 Å². The number of aromatic hydroxyl groups is 1. The van der Waals surface area contributed by atoms with Crippen LogP contribution in [0.25, 0.3) is 0 Å². The van der Waals surface area contributed by atoms with Crippen LogP contribution in [0.1, 0.15) is 25.0 Å². The third-order valence-electron chi connectivity index (χ3n) is 2.65. The van der Waals surface area contributed by atoms with Gasteiger partial charge in [0, 0.05) is 0 Å². The minimum Gasteiger partial charge on any atom is -0.504 e. The molecular weight excluding hydrogens is 247 g/mol. The van der Waals surface area contributed by atoms with Gasteiger partial charge in [0.05, 0.1) is 10.4 Å². The molecule has 5 heteroatoms. The zero-order valence-electron chi connectivity index (χ0n) is 9.84. The lowest BCUT2D eigenvalue weighted by molar-refractivity contribution is -0.146. The average molecular weight is 261 g/mol. The number of aryl methyl sites for hydroxylation is 1.